The van der Waals surface area contributed by atoms with E-state index in [0.29, 0.717) is 5.69 Å². The first kappa shape index (κ1) is 12.4. The molecule has 1 aromatic carbocycles. The predicted molar refractivity (Wildman–Crippen MR) is 59.5 cm³/mol. The van der Waals surface area contributed by atoms with Gasteiger partial charge in [-0.05, 0) is 25.1 Å². The highest BCUT2D eigenvalue weighted by Gasteiger charge is 2.17. The van der Waals surface area contributed by atoms with Crippen molar-refractivity contribution in [3.63, 3.8) is 0 Å². The van der Waals surface area contributed by atoms with Gasteiger partial charge in [-0.1, -0.05) is 0 Å². The zero-order valence-electron chi connectivity index (χ0n) is 9.27. The number of nitrogens with two attached hydrogens (primary N) is 1. The lowest BCUT2D eigenvalue weighted by molar-refractivity contribution is 0.0699. The minimum Gasteiger partial charge on any atom is -0.399 e. The first-order valence-corrected chi connectivity index (χ1v) is 4.90. The van der Waals surface area contributed by atoms with Gasteiger partial charge in [0.15, 0.2) is 0 Å². The largest absolute Gasteiger partial charge is 0.399 e. The monoisotopic (exact) mass is 226 g/mol. The first-order chi connectivity index (χ1) is 7.41. The van der Waals surface area contributed by atoms with Gasteiger partial charge in [0.05, 0.1) is 11.7 Å². The van der Waals surface area contributed by atoms with Crippen LogP contribution in [-0.2, 0) is 0 Å². The van der Waals surface area contributed by atoms with Crippen LogP contribution in [0.4, 0.5) is 10.1 Å². The van der Waals surface area contributed by atoms with Crippen molar-refractivity contribution in [2.45, 2.75) is 13.0 Å². The third-order valence-corrected chi connectivity index (χ3v) is 2.11. The molecular weight excluding hydrogens is 211 g/mol. The Hall–Kier alpha value is -1.62. The Morgan fingerprint density at radius 1 is 1.62 bits per heavy atom. The Bertz CT molecular complexity index is 394. The number of aliphatic hydroxyl groups excluding tert-OH is 1. The Morgan fingerprint density at radius 3 is 2.81 bits per heavy atom. The van der Waals surface area contributed by atoms with Crippen molar-refractivity contribution < 1.29 is 14.3 Å². The zero-order valence-corrected chi connectivity index (χ0v) is 9.27. The van der Waals surface area contributed by atoms with E-state index in [1.165, 1.54) is 24.1 Å². The molecule has 0 radical (unpaired) electrons. The Balaban J connectivity index is 2.91. The van der Waals surface area contributed by atoms with Crippen molar-refractivity contribution in [3.05, 3.63) is 29.6 Å². The molecule has 1 rings (SSSR count). The van der Waals surface area contributed by atoms with Crippen LogP contribution in [0, 0.1) is 5.82 Å². The number of rotatable bonds is 3. The lowest BCUT2D eigenvalue weighted by Gasteiger charge is -2.19. The summed E-state index contributed by atoms with van der Waals surface area (Å²) in [5.74, 6) is -1.11. The minimum atomic E-state index is -0.655. The van der Waals surface area contributed by atoms with Crippen LogP contribution in [0.2, 0.25) is 0 Å². The van der Waals surface area contributed by atoms with Gasteiger partial charge in [0, 0.05) is 19.3 Å². The smallest absolute Gasteiger partial charge is 0.256 e. The number of nitrogen functional groups attached to an aromatic ring is 1. The lowest BCUT2D eigenvalue weighted by Crippen LogP contribution is -2.33. The molecule has 4 nitrogen and oxygen atoms in total. The lowest BCUT2D eigenvalue weighted by atomic mass is 10.1. The molecule has 0 fully saturated rings. The second-order valence-electron chi connectivity index (χ2n) is 3.77. The fourth-order valence-electron chi connectivity index (χ4n) is 1.39. The van der Waals surface area contributed by atoms with Gasteiger partial charge in [-0.2, -0.15) is 0 Å². The molecule has 1 amide bonds. The zero-order chi connectivity index (χ0) is 12.3. The highest BCUT2D eigenvalue weighted by Crippen LogP contribution is 2.14. The van der Waals surface area contributed by atoms with Crippen LogP contribution in [0.3, 0.4) is 0 Å². The van der Waals surface area contributed by atoms with E-state index in [2.05, 4.69) is 0 Å². The third kappa shape index (κ3) is 2.93. The molecular formula is C11H15FN2O2. The van der Waals surface area contributed by atoms with Crippen molar-refractivity contribution >= 4 is 11.6 Å². The van der Waals surface area contributed by atoms with Crippen LogP contribution in [0.1, 0.15) is 17.3 Å². The van der Waals surface area contributed by atoms with Gasteiger partial charge in [-0.25, -0.2) is 4.39 Å². The fourth-order valence-corrected chi connectivity index (χ4v) is 1.39. The molecule has 0 saturated carbocycles. The van der Waals surface area contributed by atoms with Gasteiger partial charge in [0.2, 0.25) is 0 Å². The van der Waals surface area contributed by atoms with Crippen molar-refractivity contribution in [2.24, 2.45) is 0 Å². The van der Waals surface area contributed by atoms with Crippen LogP contribution in [0.5, 0.6) is 0 Å². The van der Waals surface area contributed by atoms with E-state index in [1.54, 1.807) is 6.92 Å². The summed E-state index contributed by atoms with van der Waals surface area (Å²) in [5, 5.41) is 9.13. The molecule has 88 valence electrons. The molecule has 0 bridgehead atoms. The second-order valence-corrected chi connectivity index (χ2v) is 3.77. The van der Waals surface area contributed by atoms with E-state index in [0.717, 1.165) is 6.07 Å². The predicted octanol–water partition coefficient (Wildman–Crippen LogP) is 0.861. The molecule has 0 aliphatic carbocycles. The highest BCUT2D eigenvalue weighted by molar-refractivity contribution is 5.95. The summed E-state index contributed by atoms with van der Waals surface area (Å²) in [6, 6.07) is 3.83. The molecule has 0 aliphatic rings. The molecule has 1 atom stereocenters. The van der Waals surface area contributed by atoms with Gasteiger partial charge >= 0.3 is 0 Å². The molecule has 0 spiro atoms. The number of nitrogens with zero attached hydrogens (tertiary/aromatic N) is 1. The van der Waals surface area contributed by atoms with Crippen LogP contribution in [0.15, 0.2) is 18.2 Å². The van der Waals surface area contributed by atoms with Crippen LogP contribution in [0.25, 0.3) is 0 Å². The summed E-state index contributed by atoms with van der Waals surface area (Å²) < 4.78 is 13.4. The molecule has 16 heavy (non-hydrogen) atoms. The van der Waals surface area contributed by atoms with Gasteiger partial charge in [-0.3, -0.25) is 4.79 Å². The third-order valence-electron chi connectivity index (χ3n) is 2.11. The minimum absolute atomic E-state index is 0.0804. The number of benzene rings is 1. The number of carbonyl (C=O) groups excluding carboxylic acids is 1. The van der Waals surface area contributed by atoms with Crippen LogP contribution in [-0.4, -0.2) is 35.6 Å². The van der Waals surface area contributed by atoms with E-state index in [9.17, 15) is 9.18 Å². The number of hydrogen-bond acceptors (Lipinski definition) is 3. The Labute approximate surface area is 93.5 Å². The number of carbonyl (C=O) groups is 1. The molecule has 1 aromatic rings. The number of likely N-dealkylation sites (N-methyl/N-ethyl adjacent to an activating group) is 1. The average Bonchev–Trinajstić information content (AvgIpc) is 2.19. The maximum absolute atomic E-state index is 13.4. The average molecular weight is 226 g/mol. The van der Waals surface area contributed by atoms with Crippen molar-refractivity contribution in [1.82, 2.24) is 4.90 Å². The Kier molecular flexibility index (Phi) is 3.84. The Morgan fingerprint density at radius 2 is 2.25 bits per heavy atom. The highest BCUT2D eigenvalue weighted by atomic mass is 19.1. The van der Waals surface area contributed by atoms with Gasteiger partial charge < -0.3 is 15.7 Å². The number of anilines is 1. The first-order valence-electron chi connectivity index (χ1n) is 4.90. The molecule has 0 aliphatic heterocycles. The quantitative estimate of drug-likeness (QED) is 0.751. The van der Waals surface area contributed by atoms with Gasteiger partial charge in [0.25, 0.3) is 5.91 Å². The van der Waals surface area contributed by atoms with Gasteiger partial charge in [0.1, 0.15) is 5.82 Å². The normalized spacial score (nSPS) is 12.2. The standard InChI is InChI=1S/C11H15FN2O2/c1-7(15)6-14(2)11(16)9-5-8(13)3-4-10(9)12/h3-5,7,15H,6,13H2,1-2H3. The second kappa shape index (κ2) is 4.94. The van der Waals surface area contributed by atoms with E-state index in [1.807, 2.05) is 0 Å². The molecule has 0 saturated heterocycles. The molecule has 0 heterocycles. The van der Waals surface area contributed by atoms with Crippen molar-refractivity contribution in [3.8, 4) is 0 Å². The van der Waals surface area contributed by atoms with E-state index in [4.69, 9.17) is 10.8 Å². The molecule has 1 unspecified atom stereocenters. The van der Waals surface area contributed by atoms with E-state index >= 15 is 0 Å². The summed E-state index contributed by atoms with van der Waals surface area (Å²) in [4.78, 5) is 13.0. The summed E-state index contributed by atoms with van der Waals surface area (Å²) in [6.07, 6.45) is -0.655. The van der Waals surface area contributed by atoms with Crippen molar-refractivity contribution in [1.29, 1.82) is 0 Å². The van der Waals surface area contributed by atoms with E-state index in [-0.39, 0.29) is 12.1 Å². The van der Waals surface area contributed by atoms with Crippen LogP contribution < -0.4 is 5.73 Å². The number of halogens is 1. The number of amides is 1. The summed E-state index contributed by atoms with van der Waals surface area (Å²) in [6.45, 7) is 1.70. The number of aliphatic hydroxyl groups is 1. The SMILES string of the molecule is CC(O)CN(C)C(=O)c1cc(N)ccc1F. The van der Waals surface area contributed by atoms with Crippen molar-refractivity contribution in [2.75, 3.05) is 19.3 Å². The topological polar surface area (TPSA) is 66.6 Å². The number of hydrogen-bond donors (Lipinski definition) is 2. The maximum atomic E-state index is 13.4. The summed E-state index contributed by atoms with van der Waals surface area (Å²) in [5.41, 5.74) is 5.73. The van der Waals surface area contributed by atoms with Gasteiger partial charge in [-0.15, -0.1) is 0 Å². The maximum Gasteiger partial charge on any atom is 0.256 e. The van der Waals surface area contributed by atoms with Crippen LogP contribution >= 0.6 is 0 Å². The molecule has 3 N–H and O–H groups in total. The van der Waals surface area contributed by atoms with E-state index < -0.39 is 17.8 Å². The molecule has 5 heteroatoms. The summed E-state index contributed by atoms with van der Waals surface area (Å²) >= 11 is 0. The fraction of sp³-hybridized carbons (Fsp3) is 0.364. The molecule has 0 aromatic heterocycles. The summed E-state index contributed by atoms with van der Waals surface area (Å²) in [7, 11) is 1.50.